The lowest BCUT2D eigenvalue weighted by Gasteiger charge is -2.26. The van der Waals surface area contributed by atoms with E-state index in [0.29, 0.717) is 0 Å². The molecule has 9 aromatic carbocycles. The Labute approximate surface area is 346 Å². The van der Waals surface area contributed by atoms with E-state index in [-0.39, 0.29) is 5.41 Å². The molecule has 0 bridgehead atoms. The summed E-state index contributed by atoms with van der Waals surface area (Å²) in [5.41, 5.74) is 19.2. The lowest BCUT2D eigenvalue weighted by atomic mass is 9.58. The van der Waals surface area contributed by atoms with E-state index in [1.54, 1.807) is 0 Å². The van der Waals surface area contributed by atoms with E-state index in [9.17, 15) is 0 Å². The smallest absolute Gasteiger partial charge is 0.197 e. The molecule has 1 N–H and O–H groups in total. The van der Waals surface area contributed by atoms with Crippen molar-refractivity contribution in [3.05, 3.63) is 200 Å². The van der Waals surface area contributed by atoms with Crippen molar-refractivity contribution in [1.29, 1.82) is 0 Å². The largest absolute Gasteiger partial charge is 0.355 e. The number of hydrogen-bond acceptors (Lipinski definition) is 1. The van der Waals surface area contributed by atoms with Gasteiger partial charge in [-0.15, -0.1) is 0 Å². The van der Waals surface area contributed by atoms with Crippen molar-refractivity contribution in [2.75, 3.05) is 5.32 Å². The molecule has 2 nitrogen and oxygen atoms in total. The molecule has 0 spiro atoms. The zero-order valence-electron chi connectivity index (χ0n) is 33.5. The first-order valence-electron chi connectivity index (χ1n) is 20.6. The maximum atomic E-state index is 3.90. The Kier molecular flexibility index (Phi) is 8.20. The third-order valence-corrected chi connectivity index (χ3v) is 12.1. The van der Waals surface area contributed by atoms with E-state index in [0.717, 1.165) is 16.9 Å². The second-order valence-corrected chi connectivity index (χ2v) is 16.9. The molecule has 0 unspecified atom stereocenters. The Morgan fingerprint density at radius 2 is 1.03 bits per heavy atom. The molecule has 0 atom stereocenters. The number of rotatable bonds is 6. The van der Waals surface area contributed by atoms with Crippen molar-refractivity contribution in [2.45, 2.75) is 26.2 Å². The molecule has 1 aliphatic rings. The summed E-state index contributed by atoms with van der Waals surface area (Å²) >= 11 is 0. The molecule has 11 rings (SSSR count). The molecule has 0 fully saturated rings. The van der Waals surface area contributed by atoms with E-state index in [2.05, 4.69) is 232 Å². The van der Waals surface area contributed by atoms with Gasteiger partial charge in [-0.1, -0.05) is 166 Å². The molecule has 10 aromatic rings. The van der Waals surface area contributed by atoms with Crippen molar-refractivity contribution in [1.82, 2.24) is 4.57 Å². The van der Waals surface area contributed by atoms with Crippen molar-refractivity contribution >= 4 is 62.2 Å². The first-order chi connectivity index (χ1) is 28.9. The van der Waals surface area contributed by atoms with Crippen LogP contribution in [0, 0.1) is 0 Å². The van der Waals surface area contributed by atoms with Crippen LogP contribution in [0.25, 0.3) is 82.8 Å². The van der Waals surface area contributed by atoms with E-state index < -0.39 is 0 Å². The highest BCUT2D eigenvalue weighted by molar-refractivity contribution is 6.73. The molecule has 0 amide bonds. The molecule has 1 radical (unpaired) electrons. The summed E-state index contributed by atoms with van der Waals surface area (Å²) in [4.78, 5) is 0. The van der Waals surface area contributed by atoms with E-state index in [1.165, 1.54) is 93.7 Å². The average Bonchev–Trinajstić information content (AvgIpc) is 3.61. The van der Waals surface area contributed by atoms with Crippen LogP contribution in [0.15, 0.2) is 194 Å². The summed E-state index contributed by atoms with van der Waals surface area (Å²) in [6.07, 6.45) is 0. The molecule has 59 heavy (non-hydrogen) atoms. The fourth-order valence-electron chi connectivity index (χ4n) is 9.07. The van der Waals surface area contributed by atoms with Gasteiger partial charge in [0.25, 0.3) is 0 Å². The van der Waals surface area contributed by atoms with E-state index in [4.69, 9.17) is 0 Å². The van der Waals surface area contributed by atoms with Crippen molar-refractivity contribution in [3.63, 3.8) is 0 Å². The molecule has 0 aliphatic carbocycles. The highest BCUT2D eigenvalue weighted by atomic mass is 15.0. The van der Waals surface area contributed by atoms with Gasteiger partial charge < -0.3 is 9.88 Å². The zero-order chi connectivity index (χ0) is 39.7. The van der Waals surface area contributed by atoms with Gasteiger partial charge in [0.15, 0.2) is 7.28 Å². The van der Waals surface area contributed by atoms with E-state index >= 15 is 0 Å². The summed E-state index contributed by atoms with van der Waals surface area (Å²) in [6, 6.07) is 71.3. The van der Waals surface area contributed by atoms with Gasteiger partial charge in [-0.05, 0) is 121 Å². The van der Waals surface area contributed by atoms with Gasteiger partial charge in [0.2, 0.25) is 0 Å². The van der Waals surface area contributed by atoms with Crippen LogP contribution in [0.4, 0.5) is 11.4 Å². The number of anilines is 2. The first-order valence-corrected chi connectivity index (χ1v) is 20.6. The Morgan fingerprint density at radius 1 is 0.458 bits per heavy atom. The highest BCUT2D eigenvalue weighted by Crippen LogP contribution is 2.42. The van der Waals surface area contributed by atoms with Crippen LogP contribution >= 0.6 is 0 Å². The quantitative estimate of drug-likeness (QED) is 0.167. The molecular formula is C56H42BN2. The Hall–Kier alpha value is -7.10. The molecule has 279 valence electrons. The second-order valence-electron chi connectivity index (χ2n) is 16.9. The minimum absolute atomic E-state index is 0.0766. The molecule has 1 aromatic heterocycles. The molecule has 0 saturated heterocycles. The Bertz CT molecular complexity index is 3210. The van der Waals surface area contributed by atoms with Gasteiger partial charge in [-0.3, -0.25) is 0 Å². The van der Waals surface area contributed by atoms with Crippen molar-refractivity contribution < 1.29 is 0 Å². The zero-order valence-corrected chi connectivity index (χ0v) is 33.5. The fraction of sp³-hybridized carbons (Fsp3) is 0.0714. The predicted molar refractivity (Wildman–Crippen MR) is 253 cm³/mol. The number of aromatic nitrogens is 1. The standard InChI is InChI=1S/C56H42BN2/c1-56(2,3)44-24-26-45(27-25-44)58-51-34-40-22-14-13-21-39(40)29-46(51)48-31-43(38-19-11-6-12-20-38)35-53-54(48)57-50-33-42(37-17-9-5-10-18-37)32-49-47-30-41(36-15-7-4-8-16-36)23-28-52(47)59(53)55(49)50/h4-35,58H,1-3H3. The Morgan fingerprint density at radius 3 is 1.68 bits per heavy atom. The third-order valence-electron chi connectivity index (χ3n) is 12.1. The predicted octanol–water partition coefficient (Wildman–Crippen LogP) is 13.6. The summed E-state index contributed by atoms with van der Waals surface area (Å²) in [7, 11) is 2.45. The van der Waals surface area contributed by atoms with Gasteiger partial charge >= 0.3 is 0 Å². The summed E-state index contributed by atoms with van der Waals surface area (Å²) in [5, 5.41) is 8.82. The minimum Gasteiger partial charge on any atom is -0.355 e. The van der Waals surface area contributed by atoms with Gasteiger partial charge in [0, 0.05) is 38.9 Å². The van der Waals surface area contributed by atoms with Crippen LogP contribution < -0.4 is 16.2 Å². The first kappa shape index (κ1) is 35.1. The van der Waals surface area contributed by atoms with Gasteiger partial charge in [-0.2, -0.15) is 0 Å². The maximum absolute atomic E-state index is 3.90. The summed E-state index contributed by atoms with van der Waals surface area (Å²) in [5.74, 6) is 0. The molecule has 0 saturated carbocycles. The maximum Gasteiger partial charge on any atom is 0.197 e. The topological polar surface area (TPSA) is 17.0 Å². The SMILES string of the molecule is CC(C)(C)c1ccc(Nc2cc3ccccc3cc2-c2cc(-c3ccccc3)cc3c2[B]c2cc(-c4ccccc4)cc4c5cc(-c6ccccc6)ccc5n-3c24)cc1. The average molecular weight is 754 g/mol. The molecule has 2 heterocycles. The number of fused-ring (bicyclic) bond motifs is 6. The van der Waals surface area contributed by atoms with Crippen molar-refractivity contribution in [2.24, 2.45) is 0 Å². The summed E-state index contributed by atoms with van der Waals surface area (Å²) < 4.78 is 2.54. The lowest BCUT2D eigenvalue weighted by molar-refractivity contribution is 0.590. The van der Waals surface area contributed by atoms with Gasteiger partial charge in [0.05, 0.1) is 5.52 Å². The molecular weight excluding hydrogens is 711 g/mol. The number of nitrogens with one attached hydrogen (secondary N) is 1. The number of benzene rings is 9. The van der Waals surface area contributed by atoms with Crippen LogP contribution in [0.3, 0.4) is 0 Å². The minimum atomic E-state index is 0.0766. The van der Waals surface area contributed by atoms with Gasteiger partial charge in [0.1, 0.15) is 0 Å². The summed E-state index contributed by atoms with van der Waals surface area (Å²) in [6.45, 7) is 6.79. The lowest BCUT2D eigenvalue weighted by Crippen LogP contribution is -2.37. The number of hydrogen-bond donors (Lipinski definition) is 1. The number of nitrogens with zero attached hydrogens (tertiary/aromatic N) is 1. The fourth-order valence-corrected chi connectivity index (χ4v) is 9.07. The van der Waals surface area contributed by atoms with Crippen LogP contribution in [0.2, 0.25) is 0 Å². The van der Waals surface area contributed by atoms with Crippen LogP contribution in [0.5, 0.6) is 0 Å². The molecule has 1 aliphatic heterocycles. The van der Waals surface area contributed by atoms with Crippen molar-refractivity contribution in [3.8, 4) is 50.2 Å². The second kappa shape index (κ2) is 13.8. The molecule has 3 heteroatoms. The monoisotopic (exact) mass is 753 g/mol. The van der Waals surface area contributed by atoms with E-state index in [1.807, 2.05) is 0 Å². The van der Waals surface area contributed by atoms with Crippen LogP contribution in [0.1, 0.15) is 26.3 Å². The van der Waals surface area contributed by atoms with Crippen LogP contribution in [-0.2, 0) is 5.41 Å². The normalized spacial score (nSPS) is 12.1. The Balaban J connectivity index is 1.20. The third kappa shape index (κ3) is 6.13. The van der Waals surface area contributed by atoms with Gasteiger partial charge in [-0.25, -0.2) is 0 Å². The highest BCUT2D eigenvalue weighted by Gasteiger charge is 2.28. The van der Waals surface area contributed by atoms with Crippen LogP contribution in [-0.4, -0.2) is 11.8 Å².